The number of H-pyrrole nitrogens is 1. The Morgan fingerprint density at radius 3 is 1.07 bits per heavy atom. The minimum atomic E-state index is 1.28. The maximum atomic E-state index is 3.36. The van der Waals surface area contributed by atoms with Gasteiger partial charge >= 0.3 is 0 Å². The highest BCUT2D eigenvalue weighted by molar-refractivity contribution is 5.23. The molecule has 1 heteroatoms. The zero-order chi connectivity index (χ0) is 19.4. The number of nitrogens with one attached hydrogen (secondary N) is 1. The molecule has 1 heterocycles. The van der Waals surface area contributed by atoms with Crippen LogP contribution in [-0.4, -0.2) is 4.98 Å². The van der Waals surface area contributed by atoms with Crippen molar-refractivity contribution in [2.75, 3.05) is 0 Å². The summed E-state index contributed by atoms with van der Waals surface area (Å²) in [4.78, 5) is 3.36. The van der Waals surface area contributed by atoms with Crippen LogP contribution < -0.4 is 0 Å². The van der Waals surface area contributed by atoms with E-state index in [9.17, 15) is 0 Å². The van der Waals surface area contributed by atoms with Crippen LogP contribution in [0.5, 0.6) is 0 Å². The third kappa shape index (κ3) is 14.0. The number of aryl methyl sites for hydroxylation is 2. The van der Waals surface area contributed by atoms with Gasteiger partial charge in [0.1, 0.15) is 0 Å². The number of unbranched alkanes of at least 4 members (excludes halogenated alkanes) is 16. The molecule has 0 aliphatic rings. The van der Waals surface area contributed by atoms with E-state index in [1.54, 1.807) is 11.1 Å². The van der Waals surface area contributed by atoms with Crippen molar-refractivity contribution < 1.29 is 0 Å². The first-order valence-electron chi connectivity index (χ1n) is 12.5. The molecule has 27 heavy (non-hydrogen) atoms. The van der Waals surface area contributed by atoms with Crippen LogP contribution in [0.15, 0.2) is 12.4 Å². The normalized spacial score (nSPS) is 11.3. The Morgan fingerprint density at radius 2 is 0.741 bits per heavy atom. The van der Waals surface area contributed by atoms with Crippen LogP contribution in [0.2, 0.25) is 0 Å². The maximum Gasteiger partial charge on any atom is 0.00401 e. The molecule has 1 nitrogen and oxygen atoms in total. The summed E-state index contributed by atoms with van der Waals surface area (Å²) in [6.45, 7) is 4.59. The molecule has 1 aromatic heterocycles. The molecule has 0 fully saturated rings. The van der Waals surface area contributed by atoms with E-state index in [1.165, 1.54) is 128 Å². The van der Waals surface area contributed by atoms with Gasteiger partial charge in [0.25, 0.3) is 0 Å². The van der Waals surface area contributed by atoms with Gasteiger partial charge in [0.2, 0.25) is 0 Å². The van der Waals surface area contributed by atoms with Gasteiger partial charge in [-0.25, -0.2) is 0 Å². The molecule has 0 spiro atoms. The molecule has 0 bridgehead atoms. The van der Waals surface area contributed by atoms with E-state index in [4.69, 9.17) is 0 Å². The van der Waals surface area contributed by atoms with Gasteiger partial charge in [-0.1, -0.05) is 117 Å². The van der Waals surface area contributed by atoms with Gasteiger partial charge in [-0.2, -0.15) is 0 Å². The molecule has 0 radical (unpaired) electrons. The SMILES string of the molecule is CCCCCCCCCCCc1c[nH]cc1CCCCCCCCCCC. The van der Waals surface area contributed by atoms with Gasteiger partial charge in [-0.3, -0.25) is 0 Å². The molecule has 0 saturated heterocycles. The highest BCUT2D eigenvalue weighted by Gasteiger charge is 2.04. The van der Waals surface area contributed by atoms with Crippen LogP contribution in [0.1, 0.15) is 141 Å². The number of aromatic amines is 1. The second-order valence-corrected chi connectivity index (χ2v) is 8.66. The lowest BCUT2D eigenvalue weighted by atomic mass is 10.00. The van der Waals surface area contributed by atoms with Gasteiger partial charge in [-0.15, -0.1) is 0 Å². The molecule has 0 aromatic carbocycles. The summed E-state index contributed by atoms with van der Waals surface area (Å²) in [5, 5.41) is 0. The topological polar surface area (TPSA) is 15.8 Å². The molecular formula is C26H49N. The maximum absolute atomic E-state index is 3.36. The summed E-state index contributed by atoms with van der Waals surface area (Å²) in [5.41, 5.74) is 3.19. The van der Waals surface area contributed by atoms with Crippen molar-refractivity contribution in [2.24, 2.45) is 0 Å². The van der Waals surface area contributed by atoms with Gasteiger partial charge in [-0.05, 0) is 36.8 Å². The molecule has 0 unspecified atom stereocenters. The van der Waals surface area contributed by atoms with Crippen molar-refractivity contribution in [1.82, 2.24) is 4.98 Å². The van der Waals surface area contributed by atoms with E-state index in [1.807, 2.05) is 0 Å². The summed E-state index contributed by atoms with van der Waals surface area (Å²) < 4.78 is 0. The molecule has 0 amide bonds. The predicted molar refractivity (Wildman–Crippen MR) is 123 cm³/mol. The lowest BCUT2D eigenvalue weighted by Gasteiger charge is -2.05. The van der Waals surface area contributed by atoms with E-state index in [-0.39, 0.29) is 0 Å². The summed E-state index contributed by atoms with van der Waals surface area (Å²) in [7, 11) is 0. The number of rotatable bonds is 20. The zero-order valence-corrected chi connectivity index (χ0v) is 18.8. The van der Waals surface area contributed by atoms with Gasteiger partial charge in [0.15, 0.2) is 0 Å². The third-order valence-corrected chi connectivity index (χ3v) is 6.03. The quantitative estimate of drug-likeness (QED) is 0.219. The Kier molecular flexibility index (Phi) is 16.8. The van der Waals surface area contributed by atoms with Crippen molar-refractivity contribution in [1.29, 1.82) is 0 Å². The molecule has 0 saturated carbocycles. The lowest BCUT2D eigenvalue weighted by Crippen LogP contribution is -1.92. The molecule has 0 aliphatic heterocycles. The highest BCUT2D eigenvalue weighted by Crippen LogP contribution is 2.17. The van der Waals surface area contributed by atoms with Crippen molar-refractivity contribution in [2.45, 2.75) is 142 Å². The van der Waals surface area contributed by atoms with Crippen LogP contribution >= 0.6 is 0 Å². The first kappa shape index (κ1) is 24.3. The minimum absolute atomic E-state index is 1.28. The molecule has 1 N–H and O–H groups in total. The Morgan fingerprint density at radius 1 is 0.444 bits per heavy atom. The Labute approximate surface area is 171 Å². The van der Waals surface area contributed by atoms with Crippen LogP contribution in [0.4, 0.5) is 0 Å². The van der Waals surface area contributed by atoms with Gasteiger partial charge in [0, 0.05) is 12.4 Å². The average Bonchev–Trinajstić information content (AvgIpc) is 3.12. The lowest BCUT2D eigenvalue weighted by molar-refractivity contribution is 0.561. The largest absolute Gasteiger partial charge is 0.367 e. The first-order valence-corrected chi connectivity index (χ1v) is 12.5. The van der Waals surface area contributed by atoms with Crippen LogP contribution in [0, 0.1) is 0 Å². The Hall–Kier alpha value is -0.720. The molecule has 0 atom stereocenters. The first-order chi connectivity index (χ1) is 13.4. The third-order valence-electron chi connectivity index (χ3n) is 6.03. The fraction of sp³-hybridized carbons (Fsp3) is 0.846. The number of aromatic nitrogens is 1. The smallest absolute Gasteiger partial charge is 0.00401 e. The molecule has 158 valence electrons. The molecule has 0 aliphatic carbocycles. The fourth-order valence-corrected chi connectivity index (χ4v) is 4.15. The second-order valence-electron chi connectivity index (χ2n) is 8.66. The Balaban J connectivity index is 1.96. The second kappa shape index (κ2) is 18.6. The van der Waals surface area contributed by atoms with Gasteiger partial charge < -0.3 is 4.98 Å². The van der Waals surface area contributed by atoms with Crippen molar-refractivity contribution in [3.8, 4) is 0 Å². The molecule has 1 rings (SSSR count). The molecular weight excluding hydrogens is 326 g/mol. The van der Waals surface area contributed by atoms with E-state index < -0.39 is 0 Å². The van der Waals surface area contributed by atoms with Crippen LogP contribution in [-0.2, 0) is 12.8 Å². The fourth-order valence-electron chi connectivity index (χ4n) is 4.15. The predicted octanol–water partition coefficient (Wildman–Crippen LogP) is 9.16. The standard InChI is InChI=1S/C26H49N/c1-3-5-7-9-11-13-15-17-19-21-25-23-27-24-26(25)22-20-18-16-14-12-10-8-6-4-2/h23-24,27H,3-22H2,1-2H3. The van der Waals surface area contributed by atoms with E-state index in [0.717, 1.165) is 0 Å². The summed E-state index contributed by atoms with van der Waals surface area (Å²) in [6.07, 6.45) is 32.7. The van der Waals surface area contributed by atoms with Crippen LogP contribution in [0.25, 0.3) is 0 Å². The summed E-state index contributed by atoms with van der Waals surface area (Å²) >= 11 is 0. The van der Waals surface area contributed by atoms with Crippen molar-refractivity contribution in [3.63, 3.8) is 0 Å². The number of hydrogen-bond donors (Lipinski definition) is 1. The minimum Gasteiger partial charge on any atom is -0.367 e. The molecule has 1 aromatic rings. The zero-order valence-electron chi connectivity index (χ0n) is 18.8. The van der Waals surface area contributed by atoms with Gasteiger partial charge in [0.05, 0.1) is 0 Å². The average molecular weight is 376 g/mol. The van der Waals surface area contributed by atoms with E-state index >= 15 is 0 Å². The Bertz CT molecular complexity index is 370. The monoisotopic (exact) mass is 375 g/mol. The van der Waals surface area contributed by atoms with E-state index in [0.29, 0.717) is 0 Å². The summed E-state index contributed by atoms with van der Waals surface area (Å²) in [5.74, 6) is 0. The van der Waals surface area contributed by atoms with Crippen LogP contribution in [0.3, 0.4) is 0 Å². The highest BCUT2D eigenvalue weighted by atomic mass is 14.6. The summed E-state index contributed by atoms with van der Waals surface area (Å²) in [6, 6.07) is 0. The van der Waals surface area contributed by atoms with Crippen molar-refractivity contribution in [3.05, 3.63) is 23.5 Å². The van der Waals surface area contributed by atoms with E-state index in [2.05, 4.69) is 31.2 Å². The van der Waals surface area contributed by atoms with Crippen molar-refractivity contribution >= 4 is 0 Å². The number of hydrogen-bond acceptors (Lipinski definition) is 0.